The van der Waals surface area contributed by atoms with E-state index in [0.29, 0.717) is 13.1 Å². The van der Waals surface area contributed by atoms with Crippen LogP contribution >= 0.6 is 0 Å². The molecule has 1 atom stereocenters. The SMILES string of the molecule is NCCCNC(=O)C1CCCCN1Cc1ccccc1. The summed E-state index contributed by atoms with van der Waals surface area (Å²) in [6, 6.07) is 10.4. The lowest BCUT2D eigenvalue weighted by atomic mass is 10.0. The van der Waals surface area contributed by atoms with Gasteiger partial charge in [-0.1, -0.05) is 36.8 Å². The number of piperidine rings is 1. The van der Waals surface area contributed by atoms with Crippen molar-refractivity contribution in [3.8, 4) is 0 Å². The van der Waals surface area contributed by atoms with Gasteiger partial charge in [0, 0.05) is 13.1 Å². The maximum Gasteiger partial charge on any atom is 0.237 e. The van der Waals surface area contributed by atoms with E-state index in [-0.39, 0.29) is 11.9 Å². The quantitative estimate of drug-likeness (QED) is 0.774. The molecule has 0 aliphatic carbocycles. The lowest BCUT2D eigenvalue weighted by molar-refractivity contribution is -0.127. The van der Waals surface area contributed by atoms with Crippen LogP contribution in [0.25, 0.3) is 0 Å². The molecule has 3 N–H and O–H groups in total. The molecule has 0 bridgehead atoms. The zero-order valence-electron chi connectivity index (χ0n) is 12.1. The fourth-order valence-electron chi connectivity index (χ4n) is 2.73. The highest BCUT2D eigenvalue weighted by Crippen LogP contribution is 2.19. The van der Waals surface area contributed by atoms with Crippen molar-refractivity contribution >= 4 is 5.91 Å². The van der Waals surface area contributed by atoms with Gasteiger partial charge in [-0.3, -0.25) is 9.69 Å². The number of hydrogen-bond acceptors (Lipinski definition) is 3. The first-order valence-electron chi connectivity index (χ1n) is 7.57. The molecule has 1 aromatic rings. The van der Waals surface area contributed by atoms with Gasteiger partial charge >= 0.3 is 0 Å². The molecule has 1 heterocycles. The lowest BCUT2D eigenvalue weighted by Gasteiger charge is -2.34. The van der Waals surface area contributed by atoms with Crippen LogP contribution in [0.4, 0.5) is 0 Å². The number of likely N-dealkylation sites (tertiary alicyclic amines) is 1. The topological polar surface area (TPSA) is 58.4 Å². The third-order valence-corrected chi connectivity index (χ3v) is 3.82. The van der Waals surface area contributed by atoms with Gasteiger partial charge in [0.15, 0.2) is 0 Å². The van der Waals surface area contributed by atoms with Gasteiger partial charge in [0.1, 0.15) is 0 Å². The molecule has 1 amide bonds. The molecule has 1 unspecified atom stereocenters. The molecule has 1 fully saturated rings. The van der Waals surface area contributed by atoms with E-state index in [0.717, 1.165) is 32.4 Å². The van der Waals surface area contributed by atoms with E-state index >= 15 is 0 Å². The summed E-state index contributed by atoms with van der Waals surface area (Å²) in [6.45, 7) is 3.17. The van der Waals surface area contributed by atoms with Crippen molar-refractivity contribution in [2.75, 3.05) is 19.6 Å². The van der Waals surface area contributed by atoms with Crippen molar-refractivity contribution in [1.29, 1.82) is 0 Å². The predicted octanol–water partition coefficient (Wildman–Crippen LogP) is 1.51. The Kier molecular flexibility index (Phi) is 6.02. The Hall–Kier alpha value is -1.39. The van der Waals surface area contributed by atoms with Gasteiger partial charge in [-0.15, -0.1) is 0 Å². The largest absolute Gasteiger partial charge is 0.355 e. The summed E-state index contributed by atoms with van der Waals surface area (Å²) in [6.07, 6.45) is 4.12. The third-order valence-electron chi connectivity index (χ3n) is 3.82. The van der Waals surface area contributed by atoms with E-state index in [9.17, 15) is 4.79 Å². The molecule has 1 aromatic carbocycles. The van der Waals surface area contributed by atoms with E-state index in [1.807, 2.05) is 6.07 Å². The van der Waals surface area contributed by atoms with Gasteiger partial charge in [-0.05, 0) is 37.9 Å². The van der Waals surface area contributed by atoms with Crippen LogP contribution in [-0.2, 0) is 11.3 Å². The molecule has 1 aliphatic rings. The Morgan fingerprint density at radius 3 is 2.85 bits per heavy atom. The van der Waals surface area contributed by atoms with Gasteiger partial charge in [-0.25, -0.2) is 0 Å². The number of nitrogens with one attached hydrogen (secondary N) is 1. The highest BCUT2D eigenvalue weighted by atomic mass is 16.2. The fourth-order valence-corrected chi connectivity index (χ4v) is 2.73. The summed E-state index contributed by atoms with van der Waals surface area (Å²) in [5, 5.41) is 3.01. The van der Waals surface area contributed by atoms with Gasteiger partial charge < -0.3 is 11.1 Å². The molecule has 4 nitrogen and oxygen atoms in total. The van der Waals surface area contributed by atoms with Crippen LogP contribution in [-0.4, -0.2) is 36.5 Å². The molecular weight excluding hydrogens is 250 g/mol. The minimum Gasteiger partial charge on any atom is -0.355 e. The van der Waals surface area contributed by atoms with Gasteiger partial charge in [0.2, 0.25) is 5.91 Å². The maximum atomic E-state index is 12.3. The molecule has 0 saturated carbocycles. The van der Waals surface area contributed by atoms with E-state index in [2.05, 4.69) is 34.5 Å². The monoisotopic (exact) mass is 275 g/mol. The smallest absolute Gasteiger partial charge is 0.237 e. The summed E-state index contributed by atoms with van der Waals surface area (Å²) in [7, 11) is 0. The Balaban J connectivity index is 1.92. The Morgan fingerprint density at radius 1 is 1.30 bits per heavy atom. The second-order valence-corrected chi connectivity index (χ2v) is 5.40. The molecule has 20 heavy (non-hydrogen) atoms. The summed E-state index contributed by atoms with van der Waals surface area (Å²) in [5.41, 5.74) is 6.73. The van der Waals surface area contributed by atoms with Crippen LogP contribution in [0, 0.1) is 0 Å². The highest BCUT2D eigenvalue weighted by molar-refractivity contribution is 5.81. The first-order valence-corrected chi connectivity index (χ1v) is 7.57. The molecule has 0 aromatic heterocycles. The van der Waals surface area contributed by atoms with Gasteiger partial charge in [-0.2, -0.15) is 0 Å². The van der Waals surface area contributed by atoms with Crippen LogP contribution in [0.1, 0.15) is 31.2 Å². The molecule has 0 radical (unpaired) electrons. The number of carbonyl (C=O) groups excluding carboxylic acids is 1. The number of carbonyl (C=O) groups is 1. The van der Waals surface area contributed by atoms with Crippen LogP contribution in [0.3, 0.4) is 0 Å². The van der Waals surface area contributed by atoms with E-state index in [4.69, 9.17) is 5.73 Å². The molecule has 1 saturated heterocycles. The summed E-state index contributed by atoms with van der Waals surface area (Å²) in [4.78, 5) is 14.6. The first kappa shape index (κ1) is 15.0. The average molecular weight is 275 g/mol. The van der Waals surface area contributed by atoms with E-state index < -0.39 is 0 Å². The molecule has 2 rings (SSSR count). The summed E-state index contributed by atoms with van der Waals surface area (Å²) < 4.78 is 0. The molecule has 0 spiro atoms. The number of benzene rings is 1. The minimum absolute atomic E-state index is 0.0155. The molecular formula is C16H25N3O. The molecule has 4 heteroatoms. The van der Waals surface area contributed by atoms with Crippen LogP contribution in [0.15, 0.2) is 30.3 Å². The van der Waals surface area contributed by atoms with Crippen molar-refractivity contribution < 1.29 is 4.79 Å². The second kappa shape index (κ2) is 8.02. The first-order chi connectivity index (χ1) is 9.81. The van der Waals surface area contributed by atoms with Gasteiger partial charge in [0.25, 0.3) is 0 Å². The predicted molar refractivity (Wildman–Crippen MR) is 81.2 cm³/mol. The van der Waals surface area contributed by atoms with Gasteiger partial charge in [0.05, 0.1) is 6.04 Å². The molecule has 1 aliphatic heterocycles. The minimum atomic E-state index is 0.0155. The Morgan fingerprint density at radius 2 is 2.10 bits per heavy atom. The number of nitrogens with zero attached hydrogens (tertiary/aromatic N) is 1. The maximum absolute atomic E-state index is 12.3. The van der Waals surface area contributed by atoms with Crippen molar-refractivity contribution in [3.05, 3.63) is 35.9 Å². The Bertz CT molecular complexity index is 407. The lowest BCUT2D eigenvalue weighted by Crippen LogP contribution is -2.49. The average Bonchev–Trinajstić information content (AvgIpc) is 2.49. The third kappa shape index (κ3) is 4.32. The highest BCUT2D eigenvalue weighted by Gasteiger charge is 2.28. The number of amides is 1. The van der Waals surface area contributed by atoms with E-state index in [1.54, 1.807) is 0 Å². The molecule has 110 valence electrons. The normalized spacial score (nSPS) is 19.8. The zero-order chi connectivity index (χ0) is 14.2. The standard InChI is InChI=1S/C16H25N3O/c17-10-6-11-18-16(20)15-9-4-5-12-19(15)13-14-7-2-1-3-8-14/h1-3,7-8,15H,4-6,9-13,17H2,(H,18,20). The van der Waals surface area contributed by atoms with Crippen molar-refractivity contribution in [2.45, 2.75) is 38.3 Å². The van der Waals surface area contributed by atoms with Crippen molar-refractivity contribution in [2.24, 2.45) is 5.73 Å². The second-order valence-electron chi connectivity index (χ2n) is 5.40. The Labute approximate surface area is 121 Å². The van der Waals surface area contributed by atoms with Crippen molar-refractivity contribution in [3.63, 3.8) is 0 Å². The number of nitrogens with two attached hydrogens (primary N) is 1. The van der Waals surface area contributed by atoms with Crippen LogP contribution < -0.4 is 11.1 Å². The van der Waals surface area contributed by atoms with Crippen molar-refractivity contribution in [1.82, 2.24) is 10.2 Å². The van der Waals surface area contributed by atoms with Crippen LogP contribution in [0.2, 0.25) is 0 Å². The fraction of sp³-hybridized carbons (Fsp3) is 0.562. The summed E-state index contributed by atoms with van der Waals surface area (Å²) >= 11 is 0. The van der Waals surface area contributed by atoms with E-state index in [1.165, 1.54) is 12.0 Å². The van der Waals surface area contributed by atoms with Crippen LogP contribution in [0.5, 0.6) is 0 Å². The zero-order valence-corrected chi connectivity index (χ0v) is 12.1. The summed E-state index contributed by atoms with van der Waals surface area (Å²) in [5.74, 6) is 0.161. The number of hydrogen-bond donors (Lipinski definition) is 2. The number of rotatable bonds is 6.